The molecular formula is C16H12N2O2. The molecule has 2 rings (SSSR count). The fourth-order valence-corrected chi connectivity index (χ4v) is 2.04. The molecule has 0 radical (unpaired) electrons. The summed E-state index contributed by atoms with van der Waals surface area (Å²) in [6.07, 6.45) is 2.99. The highest BCUT2D eigenvalue weighted by molar-refractivity contribution is 5.61. The van der Waals surface area contributed by atoms with Crippen molar-refractivity contribution in [3.8, 4) is 0 Å². The van der Waals surface area contributed by atoms with Crippen molar-refractivity contribution in [2.24, 2.45) is 9.98 Å². The van der Waals surface area contributed by atoms with E-state index < -0.39 is 0 Å². The highest BCUT2D eigenvalue weighted by atomic mass is 16.1. The Morgan fingerprint density at radius 2 is 1.40 bits per heavy atom. The van der Waals surface area contributed by atoms with Gasteiger partial charge < -0.3 is 0 Å². The number of aliphatic imine (C=N–C) groups is 2. The first-order valence-electron chi connectivity index (χ1n) is 6.10. The molecule has 98 valence electrons. The Morgan fingerprint density at radius 3 is 1.90 bits per heavy atom. The molecule has 0 bridgehead atoms. The number of benzene rings is 2. The topological polar surface area (TPSA) is 58.9 Å². The third-order valence-electron chi connectivity index (χ3n) is 3.07. The van der Waals surface area contributed by atoms with Crippen LogP contribution in [0.5, 0.6) is 0 Å². The largest absolute Gasteiger partial charge is 0.240 e. The monoisotopic (exact) mass is 264 g/mol. The molecule has 4 nitrogen and oxygen atoms in total. The van der Waals surface area contributed by atoms with Crippen LogP contribution in [0.3, 0.4) is 0 Å². The molecule has 0 N–H and O–H groups in total. The molecule has 0 spiro atoms. The summed E-state index contributed by atoms with van der Waals surface area (Å²) in [6.45, 7) is 2.04. The second-order valence-electron chi connectivity index (χ2n) is 4.32. The van der Waals surface area contributed by atoms with E-state index in [1.165, 1.54) is 18.2 Å². The van der Waals surface area contributed by atoms with Crippen LogP contribution in [0.15, 0.2) is 58.5 Å². The molecule has 20 heavy (non-hydrogen) atoms. The lowest BCUT2D eigenvalue weighted by Crippen LogP contribution is -1.95. The first-order chi connectivity index (χ1) is 9.74. The fraction of sp³-hybridized carbons (Fsp3) is 0.125. The highest BCUT2D eigenvalue weighted by Crippen LogP contribution is 2.31. The van der Waals surface area contributed by atoms with Gasteiger partial charge in [0.1, 0.15) is 0 Å². The molecule has 0 saturated heterocycles. The molecule has 1 atom stereocenters. The molecular weight excluding hydrogens is 252 g/mol. The second-order valence-corrected chi connectivity index (χ2v) is 4.32. The SMILES string of the molecule is CC(c1ccccc1)c1cc(N=C=O)cc(N=C=O)c1. The van der Waals surface area contributed by atoms with E-state index in [4.69, 9.17) is 0 Å². The van der Waals surface area contributed by atoms with Gasteiger partial charge in [0.2, 0.25) is 12.2 Å². The summed E-state index contributed by atoms with van der Waals surface area (Å²) in [5.74, 6) is 0.0959. The van der Waals surface area contributed by atoms with Gasteiger partial charge in [0, 0.05) is 5.92 Å². The minimum Gasteiger partial charge on any atom is -0.211 e. The van der Waals surface area contributed by atoms with Crippen LogP contribution < -0.4 is 0 Å². The standard InChI is InChI=1S/C16H12N2O2/c1-12(13-5-3-2-4-6-13)14-7-15(17-10-19)9-16(8-14)18-11-20/h2-9,12H,1H3. The number of isocyanates is 2. The number of hydrogen-bond donors (Lipinski definition) is 0. The molecule has 0 aromatic heterocycles. The van der Waals surface area contributed by atoms with Gasteiger partial charge in [-0.25, -0.2) is 9.59 Å². The predicted octanol–water partition coefficient (Wildman–Crippen LogP) is 3.77. The molecule has 2 aromatic rings. The number of nitrogens with zero attached hydrogens (tertiary/aromatic N) is 2. The zero-order valence-corrected chi connectivity index (χ0v) is 10.9. The van der Waals surface area contributed by atoms with Crippen molar-refractivity contribution >= 4 is 23.5 Å². The van der Waals surface area contributed by atoms with Crippen LogP contribution >= 0.6 is 0 Å². The Labute approximate surface area is 116 Å². The van der Waals surface area contributed by atoms with Crippen molar-refractivity contribution in [1.29, 1.82) is 0 Å². The van der Waals surface area contributed by atoms with Crippen LogP contribution in [-0.4, -0.2) is 12.2 Å². The number of hydrogen-bond acceptors (Lipinski definition) is 4. The molecule has 4 heteroatoms. The first kappa shape index (κ1) is 13.6. The fourth-order valence-electron chi connectivity index (χ4n) is 2.04. The smallest absolute Gasteiger partial charge is 0.211 e. The Bertz CT molecular complexity index is 661. The van der Waals surface area contributed by atoms with E-state index in [-0.39, 0.29) is 5.92 Å². The first-order valence-corrected chi connectivity index (χ1v) is 6.10. The van der Waals surface area contributed by atoms with E-state index in [9.17, 15) is 9.59 Å². The number of rotatable bonds is 4. The lowest BCUT2D eigenvalue weighted by Gasteiger charge is -2.13. The van der Waals surface area contributed by atoms with Gasteiger partial charge in [-0.3, -0.25) is 0 Å². The molecule has 0 aliphatic carbocycles. The van der Waals surface area contributed by atoms with E-state index in [2.05, 4.69) is 9.98 Å². The maximum absolute atomic E-state index is 10.4. The van der Waals surface area contributed by atoms with E-state index >= 15 is 0 Å². The average Bonchev–Trinajstić information content (AvgIpc) is 2.48. The molecule has 0 amide bonds. The summed E-state index contributed by atoms with van der Waals surface area (Å²) >= 11 is 0. The third kappa shape index (κ3) is 3.15. The molecule has 0 heterocycles. The summed E-state index contributed by atoms with van der Waals surface area (Å²) in [7, 11) is 0. The molecule has 0 saturated carbocycles. The Balaban J connectivity index is 2.49. The Morgan fingerprint density at radius 1 is 0.850 bits per heavy atom. The van der Waals surface area contributed by atoms with Gasteiger partial charge in [-0.05, 0) is 29.3 Å². The van der Waals surface area contributed by atoms with Gasteiger partial charge in [0.15, 0.2) is 0 Å². The molecule has 0 aliphatic rings. The summed E-state index contributed by atoms with van der Waals surface area (Å²) in [5.41, 5.74) is 2.89. The zero-order valence-electron chi connectivity index (χ0n) is 10.9. The predicted molar refractivity (Wildman–Crippen MR) is 76.0 cm³/mol. The van der Waals surface area contributed by atoms with Gasteiger partial charge >= 0.3 is 0 Å². The second kappa shape index (κ2) is 6.39. The Kier molecular flexibility index (Phi) is 4.35. The molecule has 0 fully saturated rings. The van der Waals surface area contributed by atoms with E-state index in [0.717, 1.165) is 11.1 Å². The minimum atomic E-state index is 0.0959. The molecule has 0 aliphatic heterocycles. The van der Waals surface area contributed by atoms with Crippen LogP contribution in [-0.2, 0) is 9.59 Å². The van der Waals surface area contributed by atoms with Crippen LogP contribution in [0.1, 0.15) is 24.0 Å². The summed E-state index contributed by atoms with van der Waals surface area (Å²) < 4.78 is 0. The van der Waals surface area contributed by atoms with Crippen LogP contribution in [0.25, 0.3) is 0 Å². The summed E-state index contributed by atoms with van der Waals surface area (Å²) in [4.78, 5) is 28.0. The van der Waals surface area contributed by atoms with E-state index in [0.29, 0.717) is 11.4 Å². The van der Waals surface area contributed by atoms with Crippen LogP contribution in [0, 0.1) is 0 Å². The summed E-state index contributed by atoms with van der Waals surface area (Å²) in [6, 6.07) is 15.0. The maximum atomic E-state index is 10.4. The van der Waals surface area contributed by atoms with Crippen molar-refractivity contribution in [2.75, 3.05) is 0 Å². The average molecular weight is 264 g/mol. The van der Waals surface area contributed by atoms with Crippen LogP contribution in [0.2, 0.25) is 0 Å². The summed E-state index contributed by atoms with van der Waals surface area (Å²) in [5, 5.41) is 0. The van der Waals surface area contributed by atoms with Gasteiger partial charge in [0.25, 0.3) is 0 Å². The van der Waals surface area contributed by atoms with Gasteiger partial charge in [-0.1, -0.05) is 37.3 Å². The Hall–Kier alpha value is -2.80. The van der Waals surface area contributed by atoms with Gasteiger partial charge in [0.05, 0.1) is 11.4 Å². The van der Waals surface area contributed by atoms with E-state index in [1.807, 2.05) is 37.3 Å². The van der Waals surface area contributed by atoms with Gasteiger partial charge in [-0.15, -0.1) is 0 Å². The lowest BCUT2D eigenvalue weighted by atomic mass is 9.92. The normalized spacial score (nSPS) is 11.1. The van der Waals surface area contributed by atoms with Crippen molar-refractivity contribution < 1.29 is 9.59 Å². The lowest BCUT2D eigenvalue weighted by molar-refractivity contribution is 0.565. The van der Waals surface area contributed by atoms with Crippen molar-refractivity contribution in [3.05, 3.63) is 59.7 Å². The quantitative estimate of drug-likeness (QED) is 0.623. The number of carbonyl (C=O) groups excluding carboxylic acids is 2. The van der Waals surface area contributed by atoms with Gasteiger partial charge in [-0.2, -0.15) is 9.98 Å². The highest BCUT2D eigenvalue weighted by Gasteiger charge is 2.10. The van der Waals surface area contributed by atoms with Crippen molar-refractivity contribution in [1.82, 2.24) is 0 Å². The minimum absolute atomic E-state index is 0.0959. The van der Waals surface area contributed by atoms with Crippen molar-refractivity contribution in [2.45, 2.75) is 12.8 Å². The molecule has 1 unspecified atom stereocenters. The zero-order chi connectivity index (χ0) is 14.4. The third-order valence-corrected chi connectivity index (χ3v) is 3.07. The molecule has 2 aromatic carbocycles. The van der Waals surface area contributed by atoms with Crippen molar-refractivity contribution in [3.63, 3.8) is 0 Å². The van der Waals surface area contributed by atoms with Crippen LogP contribution in [0.4, 0.5) is 11.4 Å². The van der Waals surface area contributed by atoms with E-state index in [1.54, 1.807) is 12.1 Å². The maximum Gasteiger partial charge on any atom is 0.240 e.